The van der Waals surface area contributed by atoms with Crippen molar-refractivity contribution in [1.29, 1.82) is 0 Å². The van der Waals surface area contributed by atoms with Gasteiger partial charge in [0, 0.05) is 32.5 Å². The van der Waals surface area contributed by atoms with Crippen LogP contribution in [-0.4, -0.2) is 27.7 Å². The van der Waals surface area contributed by atoms with Gasteiger partial charge in [-0.2, -0.15) is 0 Å². The highest BCUT2D eigenvalue weighted by Gasteiger charge is 2.39. The number of aromatic nitrogens is 1. The van der Waals surface area contributed by atoms with E-state index < -0.39 is 6.17 Å². The molecular weight excluding hydrogens is 557 g/mol. The number of rotatable bonds is 4. The highest BCUT2D eigenvalue weighted by Crippen LogP contribution is 2.54. The van der Waals surface area contributed by atoms with Gasteiger partial charge in [-0.1, -0.05) is 121 Å². The Morgan fingerprint density at radius 1 is 0.636 bits per heavy atom. The molecule has 2 aliphatic heterocycles. The van der Waals surface area contributed by atoms with E-state index in [9.17, 15) is 0 Å². The molecule has 0 saturated carbocycles. The molecule has 0 amide bonds. The largest absolute Gasteiger partial charge is 0.438 e. The van der Waals surface area contributed by atoms with Crippen LogP contribution in [0.2, 0.25) is 0 Å². The number of hydrogen-bond acceptors (Lipinski definition) is 3. The molecule has 5 heteroatoms. The molecule has 3 atom stereocenters. The summed E-state index contributed by atoms with van der Waals surface area (Å²) < 4.78 is 2.42. The second-order valence-electron chi connectivity index (χ2n) is 11.3. The Bertz CT molecular complexity index is 2140. The van der Waals surface area contributed by atoms with Crippen molar-refractivity contribution in [3.8, 4) is 0 Å². The molecule has 0 saturated heterocycles. The van der Waals surface area contributed by atoms with Crippen LogP contribution >= 0.6 is 11.8 Å². The molecule has 9 rings (SSSR count). The van der Waals surface area contributed by atoms with Gasteiger partial charge >= 0.3 is 0 Å². The molecule has 3 aliphatic rings. The lowest BCUT2D eigenvalue weighted by atomic mass is 9.82. The number of hydrogen-bond donors (Lipinski definition) is 0. The van der Waals surface area contributed by atoms with Crippen molar-refractivity contribution < 1.29 is 0 Å². The standard InChI is InChI=1S/C39H27N4S/c1-3-13-25(14-4-1)37-40-38(26-15-5-2-6-16-26)42-39(41-37)31-23-27(24-35-36(31)30-19-9-12-22-34(30)44-35)43-32-20-10-7-17-28(32)29-18-8-11-21-33(29)43/h1-24,35-36,39H/q-1. The quantitative estimate of drug-likeness (QED) is 0.204. The third kappa shape index (κ3) is 4.08. The number of thioether (sulfide) groups is 1. The molecule has 3 unspecified atom stereocenters. The summed E-state index contributed by atoms with van der Waals surface area (Å²) in [6, 6.07) is 46.8. The average Bonchev–Trinajstić information content (AvgIpc) is 3.64. The number of benzene rings is 5. The molecule has 1 aliphatic carbocycles. The summed E-state index contributed by atoms with van der Waals surface area (Å²) in [7, 11) is 0. The maximum atomic E-state index is 5.27. The van der Waals surface area contributed by atoms with Crippen LogP contribution in [0.5, 0.6) is 0 Å². The van der Waals surface area contributed by atoms with Gasteiger partial charge in [0.15, 0.2) is 0 Å². The summed E-state index contributed by atoms with van der Waals surface area (Å²) in [5.41, 5.74) is 8.10. The molecule has 0 radical (unpaired) electrons. The molecule has 4 nitrogen and oxygen atoms in total. The summed E-state index contributed by atoms with van der Waals surface area (Å²) in [5, 5.41) is 8.02. The molecule has 6 aromatic rings. The van der Waals surface area contributed by atoms with Crippen LogP contribution < -0.4 is 0 Å². The van der Waals surface area contributed by atoms with Gasteiger partial charge in [-0.05, 0) is 52.6 Å². The lowest BCUT2D eigenvalue weighted by Crippen LogP contribution is -2.28. The maximum absolute atomic E-state index is 5.27. The van der Waals surface area contributed by atoms with E-state index in [0.29, 0.717) is 11.7 Å². The maximum Gasteiger partial charge on any atom is 0.0791 e. The first kappa shape index (κ1) is 25.4. The Labute approximate surface area is 260 Å². The molecule has 210 valence electrons. The fraction of sp³-hybridized carbons (Fsp3) is 0.0769. The topological polar surface area (TPSA) is 43.8 Å². The third-order valence-corrected chi connectivity index (χ3v) is 10.1. The number of fused-ring (bicyclic) bond motifs is 6. The highest BCUT2D eigenvalue weighted by atomic mass is 32.2. The molecule has 0 N–H and O–H groups in total. The Morgan fingerprint density at radius 2 is 1.25 bits per heavy atom. The highest BCUT2D eigenvalue weighted by molar-refractivity contribution is 8.00. The van der Waals surface area contributed by atoms with Crippen LogP contribution in [0.4, 0.5) is 0 Å². The third-order valence-electron chi connectivity index (χ3n) is 8.76. The molecule has 44 heavy (non-hydrogen) atoms. The van der Waals surface area contributed by atoms with E-state index in [-0.39, 0.29) is 11.2 Å². The first-order chi connectivity index (χ1) is 21.8. The smallest absolute Gasteiger partial charge is 0.0791 e. The monoisotopic (exact) mass is 583 g/mol. The minimum Gasteiger partial charge on any atom is -0.438 e. The van der Waals surface area contributed by atoms with Gasteiger partial charge in [0.05, 0.1) is 23.0 Å². The second-order valence-corrected chi connectivity index (χ2v) is 12.5. The van der Waals surface area contributed by atoms with Crippen molar-refractivity contribution in [3.05, 3.63) is 173 Å². The van der Waals surface area contributed by atoms with E-state index in [0.717, 1.165) is 16.8 Å². The van der Waals surface area contributed by atoms with E-state index in [1.807, 2.05) is 48.2 Å². The first-order valence-electron chi connectivity index (χ1n) is 15.0. The normalized spacial score (nSPS) is 20.7. The lowest BCUT2D eigenvalue weighted by molar-refractivity contribution is 0.736. The van der Waals surface area contributed by atoms with Gasteiger partial charge in [0.2, 0.25) is 0 Å². The summed E-state index contributed by atoms with van der Waals surface area (Å²) in [6.45, 7) is 0. The first-order valence-corrected chi connectivity index (χ1v) is 15.9. The van der Waals surface area contributed by atoms with E-state index in [4.69, 9.17) is 15.3 Å². The molecule has 5 aromatic carbocycles. The van der Waals surface area contributed by atoms with Crippen LogP contribution in [-0.2, 0) is 0 Å². The Morgan fingerprint density at radius 3 is 1.98 bits per heavy atom. The van der Waals surface area contributed by atoms with Crippen LogP contribution in [0.3, 0.4) is 0 Å². The Kier molecular flexibility index (Phi) is 5.91. The zero-order valence-electron chi connectivity index (χ0n) is 23.8. The van der Waals surface area contributed by atoms with Gasteiger partial charge in [-0.25, -0.2) is 0 Å². The summed E-state index contributed by atoms with van der Waals surface area (Å²) in [6.07, 6.45) is 4.40. The minimum atomic E-state index is -0.408. The number of nitrogens with zero attached hydrogens (tertiary/aromatic N) is 4. The van der Waals surface area contributed by atoms with Crippen LogP contribution in [0.1, 0.15) is 22.6 Å². The van der Waals surface area contributed by atoms with Crippen molar-refractivity contribution in [3.63, 3.8) is 0 Å². The van der Waals surface area contributed by atoms with Crippen LogP contribution in [0.25, 0.3) is 32.8 Å². The van der Waals surface area contributed by atoms with E-state index in [1.54, 1.807) is 0 Å². The SMILES string of the molecule is C1=C(C2N=C(c3ccccc3)N=C(c3ccccc3)[N-]2)C2c3ccccc3SC2C=C1n1c2ccccc2c2ccccc21. The fourth-order valence-corrected chi connectivity index (χ4v) is 8.24. The predicted octanol–water partition coefficient (Wildman–Crippen LogP) is 9.44. The zero-order chi connectivity index (χ0) is 29.0. The molecule has 0 spiro atoms. The fourth-order valence-electron chi connectivity index (χ4n) is 6.81. The van der Waals surface area contributed by atoms with Crippen molar-refractivity contribution >= 4 is 50.9 Å². The number of aliphatic imine (C=N–C) groups is 2. The number of allylic oxidation sites excluding steroid dienone is 2. The molecular formula is C39H27N4S-. The summed E-state index contributed by atoms with van der Waals surface area (Å²) >= 11 is 1.94. The lowest BCUT2D eigenvalue weighted by Gasteiger charge is -2.38. The number of para-hydroxylation sites is 2. The summed E-state index contributed by atoms with van der Waals surface area (Å²) in [4.78, 5) is 11.6. The second kappa shape index (κ2) is 10.2. The van der Waals surface area contributed by atoms with Crippen molar-refractivity contribution in [2.24, 2.45) is 9.98 Å². The van der Waals surface area contributed by atoms with E-state index >= 15 is 0 Å². The van der Waals surface area contributed by atoms with Gasteiger partial charge in [0.25, 0.3) is 0 Å². The number of amidine groups is 2. The van der Waals surface area contributed by atoms with E-state index in [1.165, 1.54) is 37.8 Å². The van der Waals surface area contributed by atoms with Crippen molar-refractivity contribution in [1.82, 2.24) is 4.57 Å². The molecule has 0 bridgehead atoms. The molecule has 3 heterocycles. The zero-order valence-corrected chi connectivity index (χ0v) is 24.6. The van der Waals surface area contributed by atoms with Gasteiger partial charge in [0.1, 0.15) is 0 Å². The average molecular weight is 584 g/mol. The summed E-state index contributed by atoms with van der Waals surface area (Å²) in [5.74, 6) is 1.60. The minimum absolute atomic E-state index is 0.165. The Hall–Kier alpha value is -5.13. The van der Waals surface area contributed by atoms with Gasteiger partial charge < -0.3 is 14.9 Å². The molecule has 0 fully saturated rings. The molecule has 1 aromatic heterocycles. The van der Waals surface area contributed by atoms with Crippen molar-refractivity contribution in [2.75, 3.05) is 0 Å². The predicted molar refractivity (Wildman–Crippen MR) is 184 cm³/mol. The van der Waals surface area contributed by atoms with Crippen molar-refractivity contribution in [2.45, 2.75) is 22.2 Å². The van der Waals surface area contributed by atoms with Gasteiger partial charge in [-0.15, -0.1) is 11.8 Å². The van der Waals surface area contributed by atoms with Crippen LogP contribution in [0, 0.1) is 0 Å². The van der Waals surface area contributed by atoms with Crippen LogP contribution in [0.15, 0.2) is 166 Å². The van der Waals surface area contributed by atoms with E-state index in [2.05, 4.69) is 114 Å². The Balaban J connectivity index is 1.26. The van der Waals surface area contributed by atoms with Gasteiger partial charge in [-0.3, -0.25) is 4.99 Å².